The molecule has 2 aromatic rings. The quantitative estimate of drug-likeness (QED) is 0.913. The first-order valence-corrected chi connectivity index (χ1v) is 6.85. The van der Waals surface area contributed by atoms with E-state index in [9.17, 15) is 0 Å². The van der Waals surface area contributed by atoms with Crippen molar-refractivity contribution < 1.29 is 0 Å². The first-order chi connectivity index (χ1) is 9.00. The van der Waals surface area contributed by atoms with E-state index in [1.807, 2.05) is 12.4 Å². The maximum absolute atomic E-state index is 6.23. The van der Waals surface area contributed by atoms with Gasteiger partial charge in [-0.05, 0) is 19.4 Å². The zero-order valence-electron chi connectivity index (χ0n) is 12.2. The number of hydrogen-bond donors (Lipinski definition) is 1. The lowest BCUT2D eigenvalue weighted by atomic mass is 9.98. The number of nitrogens with two attached hydrogens (primary N) is 1. The molecule has 0 aliphatic rings. The van der Waals surface area contributed by atoms with Crippen molar-refractivity contribution in [2.45, 2.75) is 45.7 Å². The Bertz CT molecular complexity index is 540. The molecule has 0 fully saturated rings. The summed E-state index contributed by atoms with van der Waals surface area (Å²) >= 11 is 0. The monoisotopic (exact) mass is 257 g/mol. The van der Waals surface area contributed by atoms with Crippen LogP contribution in [0.1, 0.15) is 49.7 Å². The Morgan fingerprint density at radius 2 is 1.95 bits per heavy atom. The van der Waals surface area contributed by atoms with Crippen LogP contribution in [0.5, 0.6) is 0 Å². The third-order valence-corrected chi connectivity index (χ3v) is 3.40. The predicted molar refractivity (Wildman–Crippen MR) is 79.3 cm³/mol. The lowest BCUT2D eigenvalue weighted by molar-refractivity contribution is 0.471. The molecule has 0 spiro atoms. The van der Waals surface area contributed by atoms with Crippen LogP contribution in [0, 0.1) is 6.92 Å². The van der Waals surface area contributed by atoms with Gasteiger partial charge in [-0.2, -0.15) is 0 Å². The molecule has 1 heterocycles. The van der Waals surface area contributed by atoms with Gasteiger partial charge in [0.25, 0.3) is 0 Å². The van der Waals surface area contributed by atoms with Gasteiger partial charge in [0.2, 0.25) is 0 Å². The normalized spacial score (nSPS) is 14.6. The van der Waals surface area contributed by atoms with E-state index in [2.05, 4.69) is 61.5 Å². The predicted octanol–water partition coefficient (Wildman–Crippen LogP) is 3.25. The molecule has 0 amide bonds. The van der Waals surface area contributed by atoms with Crippen molar-refractivity contribution in [2.24, 2.45) is 5.73 Å². The number of benzene rings is 1. The fourth-order valence-corrected chi connectivity index (χ4v) is 2.58. The minimum atomic E-state index is 0.0356. The smallest absolute Gasteiger partial charge is 0.111 e. The molecule has 1 aromatic carbocycles. The van der Waals surface area contributed by atoms with Crippen LogP contribution in [0.4, 0.5) is 0 Å². The number of aryl methyl sites for hydroxylation is 1. The average molecular weight is 257 g/mol. The van der Waals surface area contributed by atoms with Gasteiger partial charge in [0.15, 0.2) is 0 Å². The van der Waals surface area contributed by atoms with Crippen molar-refractivity contribution >= 4 is 0 Å². The Morgan fingerprint density at radius 3 is 2.53 bits per heavy atom. The number of imidazole rings is 1. The summed E-state index contributed by atoms with van der Waals surface area (Å²) in [4.78, 5) is 4.47. The maximum Gasteiger partial charge on any atom is 0.111 e. The molecule has 19 heavy (non-hydrogen) atoms. The van der Waals surface area contributed by atoms with Gasteiger partial charge in [-0.1, -0.05) is 43.7 Å². The van der Waals surface area contributed by atoms with Gasteiger partial charge in [-0.25, -0.2) is 4.98 Å². The molecular weight excluding hydrogens is 234 g/mol. The van der Waals surface area contributed by atoms with Gasteiger partial charge in [-0.3, -0.25) is 0 Å². The average Bonchev–Trinajstić information content (AvgIpc) is 2.78. The van der Waals surface area contributed by atoms with Gasteiger partial charge in [-0.15, -0.1) is 0 Å². The second-order valence-corrected chi connectivity index (χ2v) is 5.57. The Labute approximate surface area is 115 Å². The molecule has 3 heteroatoms. The van der Waals surface area contributed by atoms with Crippen LogP contribution in [0.3, 0.4) is 0 Å². The van der Waals surface area contributed by atoms with Crippen molar-refractivity contribution in [3.8, 4) is 0 Å². The maximum atomic E-state index is 6.23. The Kier molecular flexibility index (Phi) is 4.05. The minimum absolute atomic E-state index is 0.0356. The van der Waals surface area contributed by atoms with E-state index in [1.54, 1.807) is 0 Å². The van der Waals surface area contributed by atoms with Crippen molar-refractivity contribution in [2.75, 3.05) is 0 Å². The van der Waals surface area contributed by atoms with E-state index in [1.165, 1.54) is 11.1 Å². The summed E-state index contributed by atoms with van der Waals surface area (Å²) in [5, 5.41) is 0. The molecule has 2 N–H and O–H groups in total. The molecule has 0 radical (unpaired) electrons. The second-order valence-electron chi connectivity index (χ2n) is 5.57. The molecule has 0 aliphatic heterocycles. The van der Waals surface area contributed by atoms with Crippen LogP contribution in [0.15, 0.2) is 36.7 Å². The standard InChI is InChI=1S/C16H23N3/c1-11(2)16-18-8-9-19(16)15(13(4)17)14-7-5-6-12(3)10-14/h5-11,13,15H,17H2,1-4H3. The third kappa shape index (κ3) is 2.87. The molecule has 0 saturated heterocycles. The summed E-state index contributed by atoms with van der Waals surface area (Å²) in [5.41, 5.74) is 8.73. The van der Waals surface area contributed by atoms with Gasteiger partial charge in [0.05, 0.1) is 6.04 Å². The van der Waals surface area contributed by atoms with Gasteiger partial charge in [0.1, 0.15) is 5.82 Å². The highest BCUT2D eigenvalue weighted by atomic mass is 15.1. The minimum Gasteiger partial charge on any atom is -0.326 e. The summed E-state index contributed by atoms with van der Waals surface area (Å²) in [6.07, 6.45) is 3.90. The fourth-order valence-electron chi connectivity index (χ4n) is 2.58. The largest absolute Gasteiger partial charge is 0.326 e. The van der Waals surface area contributed by atoms with Crippen LogP contribution in [0.25, 0.3) is 0 Å². The summed E-state index contributed by atoms with van der Waals surface area (Å²) in [7, 11) is 0. The summed E-state index contributed by atoms with van der Waals surface area (Å²) in [6, 6.07) is 8.72. The highest BCUT2D eigenvalue weighted by Gasteiger charge is 2.21. The molecule has 2 rings (SSSR count). The lowest BCUT2D eigenvalue weighted by Gasteiger charge is -2.26. The topological polar surface area (TPSA) is 43.8 Å². The molecular formula is C16H23N3. The highest BCUT2D eigenvalue weighted by molar-refractivity contribution is 5.27. The molecule has 0 saturated carbocycles. The molecule has 3 nitrogen and oxygen atoms in total. The number of rotatable bonds is 4. The first-order valence-electron chi connectivity index (χ1n) is 6.85. The lowest BCUT2D eigenvalue weighted by Crippen LogP contribution is -2.31. The Morgan fingerprint density at radius 1 is 1.21 bits per heavy atom. The van der Waals surface area contributed by atoms with Crippen LogP contribution >= 0.6 is 0 Å². The molecule has 102 valence electrons. The molecule has 1 aromatic heterocycles. The molecule has 0 aliphatic carbocycles. The van der Waals surface area contributed by atoms with E-state index < -0.39 is 0 Å². The van der Waals surface area contributed by atoms with Crippen molar-refractivity contribution in [3.05, 3.63) is 53.6 Å². The van der Waals surface area contributed by atoms with E-state index in [0.717, 1.165) is 5.82 Å². The van der Waals surface area contributed by atoms with Crippen molar-refractivity contribution in [3.63, 3.8) is 0 Å². The fraction of sp³-hybridized carbons (Fsp3) is 0.438. The second kappa shape index (κ2) is 5.57. The van der Waals surface area contributed by atoms with Crippen molar-refractivity contribution in [1.82, 2.24) is 9.55 Å². The molecule has 2 atom stereocenters. The number of nitrogens with zero attached hydrogens (tertiary/aromatic N) is 2. The zero-order valence-corrected chi connectivity index (χ0v) is 12.2. The van der Waals surface area contributed by atoms with Crippen LogP contribution < -0.4 is 5.73 Å². The van der Waals surface area contributed by atoms with Gasteiger partial charge >= 0.3 is 0 Å². The SMILES string of the molecule is Cc1cccc(C(C(C)N)n2ccnc2C(C)C)c1. The van der Waals surface area contributed by atoms with E-state index >= 15 is 0 Å². The first kappa shape index (κ1) is 13.8. The van der Waals surface area contributed by atoms with Gasteiger partial charge < -0.3 is 10.3 Å². The Balaban J connectivity index is 2.49. The summed E-state index contributed by atoms with van der Waals surface area (Å²) in [5.74, 6) is 1.48. The van der Waals surface area contributed by atoms with Crippen LogP contribution in [-0.2, 0) is 0 Å². The zero-order chi connectivity index (χ0) is 14.0. The summed E-state index contributed by atoms with van der Waals surface area (Å²) in [6.45, 7) is 8.48. The molecule has 2 unspecified atom stereocenters. The van der Waals surface area contributed by atoms with E-state index in [0.29, 0.717) is 5.92 Å². The highest BCUT2D eigenvalue weighted by Crippen LogP contribution is 2.26. The Hall–Kier alpha value is -1.61. The number of hydrogen-bond acceptors (Lipinski definition) is 2. The van der Waals surface area contributed by atoms with Crippen LogP contribution in [0.2, 0.25) is 0 Å². The number of aromatic nitrogens is 2. The van der Waals surface area contributed by atoms with Crippen molar-refractivity contribution in [1.29, 1.82) is 0 Å². The third-order valence-electron chi connectivity index (χ3n) is 3.40. The van der Waals surface area contributed by atoms with E-state index in [4.69, 9.17) is 5.73 Å². The van der Waals surface area contributed by atoms with Gasteiger partial charge in [0, 0.05) is 24.4 Å². The van der Waals surface area contributed by atoms with E-state index in [-0.39, 0.29) is 12.1 Å². The van der Waals surface area contributed by atoms with Crippen LogP contribution in [-0.4, -0.2) is 15.6 Å². The molecule has 0 bridgehead atoms. The summed E-state index contributed by atoms with van der Waals surface area (Å²) < 4.78 is 2.21.